The average molecular weight is 439 g/mol. The van der Waals surface area contributed by atoms with Crippen molar-refractivity contribution in [2.45, 2.75) is 58.7 Å². The summed E-state index contributed by atoms with van der Waals surface area (Å²) in [6, 6.07) is 10.8. The first-order valence-electron chi connectivity index (χ1n) is 10.7. The summed E-state index contributed by atoms with van der Waals surface area (Å²) in [5.74, 6) is -1.17. The maximum Gasteiger partial charge on any atom is 0.373 e. The van der Waals surface area contributed by atoms with Crippen molar-refractivity contribution in [2.24, 2.45) is 5.92 Å². The highest BCUT2D eigenvalue weighted by Gasteiger charge is 2.45. The molecule has 2 aromatic carbocycles. The highest BCUT2D eigenvalue weighted by molar-refractivity contribution is 5.90. The Labute approximate surface area is 189 Å². The van der Waals surface area contributed by atoms with Crippen LogP contribution in [0.2, 0.25) is 0 Å². The number of carbonyl (C=O) groups is 2. The molecule has 1 fully saturated rings. The van der Waals surface area contributed by atoms with Gasteiger partial charge in [-0.05, 0) is 84.1 Å². The summed E-state index contributed by atoms with van der Waals surface area (Å²) in [6.07, 6.45) is 0.813. The molecular formula is C26H30O6. The van der Waals surface area contributed by atoms with Gasteiger partial charge in [0.05, 0.1) is 11.1 Å². The number of aryl methyl sites for hydroxylation is 4. The van der Waals surface area contributed by atoms with Crippen molar-refractivity contribution in [3.63, 3.8) is 0 Å². The highest BCUT2D eigenvalue weighted by Crippen LogP contribution is 2.37. The quantitative estimate of drug-likeness (QED) is 0.446. The van der Waals surface area contributed by atoms with Crippen molar-refractivity contribution >= 4 is 11.9 Å². The van der Waals surface area contributed by atoms with E-state index in [-0.39, 0.29) is 5.92 Å². The molecule has 0 N–H and O–H groups in total. The van der Waals surface area contributed by atoms with E-state index in [1.54, 1.807) is 24.3 Å². The first-order chi connectivity index (χ1) is 15.1. The summed E-state index contributed by atoms with van der Waals surface area (Å²) in [4.78, 5) is 46.2. The highest BCUT2D eigenvalue weighted by atomic mass is 17.2. The topological polar surface area (TPSA) is 71.1 Å². The lowest BCUT2D eigenvalue weighted by molar-refractivity contribution is -0.380. The van der Waals surface area contributed by atoms with Gasteiger partial charge in [-0.15, -0.1) is 0 Å². The Morgan fingerprint density at radius 1 is 0.844 bits per heavy atom. The van der Waals surface area contributed by atoms with E-state index in [0.717, 1.165) is 22.3 Å². The van der Waals surface area contributed by atoms with Gasteiger partial charge in [0.15, 0.2) is 0 Å². The maximum atomic E-state index is 12.5. The minimum atomic E-state index is -1.23. The van der Waals surface area contributed by atoms with E-state index >= 15 is 0 Å². The van der Waals surface area contributed by atoms with Crippen LogP contribution in [0.5, 0.6) is 0 Å². The predicted octanol–water partition coefficient (Wildman–Crippen LogP) is 5.37. The third-order valence-corrected chi connectivity index (χ3v) is 5.55. The fourth-order valence-corrected chi connectivity index (χ4v) is 3.97. The molecule has 1 saturated carbocycles. The van der Waals surface area contributed by atoms with E-state index in [9.17, 15) is 9.59 Å². The van der Waals surface area contributed by atoms with Gasteiger partial charge in [-0.1, -0.05) is 41.3 Å². The first-order valence-corrected chi connectivity index (χ1v) is 10.7. The van der Waals surface area contributed by atoms with Crippen LogP contribution in [0.1, 0.15) is 62.2 Å². The number of hydrogen-bond donors (Lipinski definition) is 0. The minimum Gasteiger partial charge on any atom is -0.292 e. The van der Waals surface area contributed by atoms with Gasteiger partial charge >= 0.3 is 11.9 Å². The minimum absolute atomic E-state index is 0.0634. The van der Waals surface area contributed by atoms with Crippen LogP contribution in [0, 0.1) is 47.5 Å². The molecule has 0 heterocycles. The van der Waals surface area contributed by atoms with Crippen molar-refractivity contribution in [3.05, 3.63) is 83.6 Å². The van der Waals surface area contributed by atoms with Crippen molar-refractivity contribution in [3.8, 4) is 0 Å². The van der Waals surface area contributed by atoms with E-state index < -0.39 is 23.6 Å². The van der Waals surface area contributed by atoms with Gasteiger partial charge < -0.3 is 0 Å². The summed E-state index contributed by atoms with van der Waals surface area (Å²) < 4.78 is 0. The predicted molar refractivity (Wildman–Crippen MR) is 119 cm³/mol. The second kappa shape index (κ2) is 9.84. The molecule has 6 heteroatoms. The summed E-state index contributed by atoms with van der Waals surface area (Å²) in [5, 5.41) is 0. The fraction of sp³-hybridized carbons (Fsp3) is 0.385. The summed E-state index contributed by atoms with van der Waals surface area (Å²) in [7, 11) is 0. The second-order valence-electron chi connectivity index (χ2n) is 8.87. The molecule has 2 radical (unpaired) electrons. The number of carbonyl (C=O) groups excluding carboxylic acids is 2. The summed E-state index contributed by atoms with van der Waals surface area (Å²) >= 11 is 0. The molecule has 3 rings (SSSR count). The Hall–Kier alpha value is -2.70. The number of rotatable bonds is 6. The maximum absolute atomic E-state index is 12.5. The summed E-state index contributed by atoms with van der Waals surface area (Å²) in [6.45, 7) is 15.8. The van der Waals surface area contributed by atoms with Gasteiger partial charge in [-0.3, -0.25) is 9.78 Å². The van der Waals surface area contributed by atoms with E-state index in [2.05, 4.69) is 13.8 Å². The van der Waals surface area contributed by atoms with Crippen molar-refractivity contribution in [1.29, 1.82) is 0 Å². The Morgan fingerprint density at radius 2 is 1.31 bits per heavy atom. The number of hydrogen-bond acceptors (Lipinski definition) is 6. The lowest BCUT2D eigenvalue weighted by atomic mass is 9.78. The largest absolute Gasteiger partial charge is 0.373 e. The molecule has 0 aromatic heterocycles. The zero-order valence-electron chi connectivity index (χ0n) is 19.1. The van der Waals surface area contributed by atoms with Crippen molar-refractivity contribution in [2.75, 3.05) is 0 Å². The molecule has 6 nitrogen and oxygen atoms in total. The fourth-order valence-electron chi connectivity index (χ4n) is 3.97. The molecule has 3 unspecified atom stereocenters. The zero-order valence-corrected chi connectivity index (χ0v) is 19.1. The summed E-state index contributed by atoms with van der Waals surface area (Å²) in [5.41, 5.74) is 3.32. The smallest absolute Gasteiger partial charge is 0.292 e. The third kappa shape index (κ3) is 5.96. The van der Waals surface area contributed by atoms with Gasteiger partial charge in [0.1, 0.15) is 11.7 Å². The molecule has 2 aromatic rings. The molecule has 0 aliphatic heterocycles. The van der Waals surface area contributed by atoms with Gasteiger partial charge in [-0.2, -0.15) is 9.78 Å². The molecule has 3 atom stereocenters. The van der Waals surface area contributed by atoms with Gasteiger partial charge in [-0.25, -0.2) is 9.59 Å². The molecule has 32 heavy (non-hydrogen) atoms. The lowest BCUT2D eigenvalue weighted by Gasteiger charge is -2.39. The van der Waals surface area contributed by atoms with E-state index in [1.807, 2.05) is 39.8 Å². The monoisotopic (exact) mass is 438 g/mol. The Morgan fingerprint density at radius 3 is 1.81 bits per heavy atom. The van der Waals surface area contributed by atoms with Crippen LogP contribution < -0.4 is 0 Å². The molecule has 0 bridgehead atoms. The Balaban J connectivity index is 1.66. The molecule has 1 aliphatic carbocycles. The zero-order chi connectivity index (χ0) is 23.5. The lowest BCUT2D eigenvalue weighted by Crippen LogP contribution is -2.49. The van der Waals surface area contributed by atoms with E-state index in [0.29, 0.717) is 30.4 Å². The van der Waals surface area contributed by atoms with Gasteiger partial charge in [0, 0.05) is 0 Å². The third-order valence-electron chi connectivity index (χ3n) is 5.55. The second-order valence-corrected chi connectivity index (χ2v) is 8.87. The van der Waals surface area contributed by atoms with Crippen LogP contribution in [0.3, 0.4) is 0 Å². The molecule has 0 spiro atoms. The van der Waals surface area contributed by atoms with Crippen LogP contribution in [0.15, 0.2) is 36.4 Å². The molecular weight excluding hydrogens is 408 g/mol. The molecule has 0 amide bonds. The SMILES string of the molecule is [CH2]C1CCC([CH2])(OOC(=O)c2cc(C)cc(C)c2)C(OOC(=O)c2cc(C)cc(C)c2)C1. The normalized spacial score (nSPS) is 22.9. The number of benzene rings is 2. The van der Waals surface area contributed by atoms with Crippen LogP contribution >= 0.6 is 0 Å². The van der Waals surface area contributed by atoms with E-state index in [4.69, 9.17) is 19.6 Å². The molecule has 170 valence electrons. The van der Waals surface area contributed by atoms with Crippen molar-refractivity contribution < 1.29 is 29.1 Å². The van der Waals surface area contributed by atoms with Gasteiger partial charge in [0.2, 0.25) is 0 Å². The van der Waals surface area contributed by atoms with Crippen LogP contribution in [0.25, 0.3) is 0 Å². The van der Waals surface area contributed by atoms with Crippen LogP contribution in [-0.4, -0.2) is 23.6 Å². The van der Waals surface area contributed by atoms with Gasteiger partial charge in [0.25, 0.3) is 0 Å². The van der Waals surface area contributed by atoms with Crippen LogP contribution in [-0.2, 0) is 19.6 Å². The first kappa shape index (κ1) is 24.0. The standard InChI is InChI=1S/C26H30O6/c1-16-7-8-26(6,32-31-25(28)22-13-19(4)10-20(5)14-22)23(15-16)29-30-24(27)21-11-17(2)9-18(3)12-21/h9-14,16,23H,1,6-8,15H2,2-5H3. The van der Waals surface area contributed by atoms with Crippen molar-refractivity contribution in [1.82, 2.24) is 0 Å². The Bertz CT molecular complexity index is 957. The average Bonchev–Trinajstić information content (AvgIpc) is 2.71. The molecule has 1 aliphatic rings. The molecule has 0 saturated heterocycles. The van der Waals surface area contributed by atoms with Crippen LogP contribution in [0.4, 0.5) is 0 Å². The van der Waals surface area contributed by atoms with E-state index in [1.165, 1.54) is 0 Å². The Kier molecular flexibility index (Phi) is 7.36.